The van der Waals surface area contributed by atoms with E-state index in [0.717, 1.165) is 18.5 Å². The molecular weight excluding hydrogens is 326 g/mol. The number of unbranched alkanes of at least 4 members (excludes halogenated alkanes) is 1. The van der Waals surface area contributed by atoms with Gasteiger partial charge in [0.1, 0.15) is 0 Å². The van der Waals surface area contributed by atoms with E-state index in [1.807, 2.05) is 0 Å². The lowest BCUT2D eigenvalue weighted by molar-refractivity contribution is 0.333. The number of allylic oxidation sites excluding steroid dienone is 1. The molecule has 2 aromatic carbocycles. The standard InChI is InChI=1S/C26H37N/c1-5-20-26(4,27-22(2)3)21-19-25-17-15-24(16-18-25)14-10-9-13-23-11-7-6-8-12-23/h6-8,11-12,15-18,27H,2,5,9-10,13-14,19-21H2,1,3-4H3/t26-/m0/s1. The lowest BCUT2D eigenvalue weighted by atomic mass is 9.88. The van der Waals surface area contributed by atoms with Gasteiger partial charge in [-0.25, -0.2) is 0 Å². The van der Waals surface area contributed by atoms with Gasteiger partial charge in [0.05, 0.1) is 0 Å². The Bertz CT molecular complexity index is 671. The molecule has 0 bridgehead atoms. The zero-order valence-electron chi connectivity index (χ0n) is 17.6. The number of rotatable bonds is 12. The molecule has 0 amide bonds. The van der Waals surface area contributed by atoms with E-state index in [-0.39, 0.29) is 5.54 Å². The summed E-state index contributed by atoms with van der Waals surface area (Å²) in [6.07, 6.45) is 9.51. The molecule has 0 saturated carbocycles. The van der Waals surface area contributed by atoms with Crippen molar-refractivity contribution in [3.05, 3.63) is 83.6 Å². The van der Waals surface area contributed by atoms with Crippen molar-refractivity contribution >= 4 is 0 Å². The van der Waals surface area contributed by atoms with Crippen LogP contribution in [0.1, 0.15) is 69.6 Å². The van der Waals surface area contributed by atoms with Crippen molar-refractivity contribution in [1.29, 1.82) is 0 Å². The number of nitrogens with one attached hydrogen (secondary N) is 1. The summed E-state index contributed by atoms with van der Waals surface area (Å²) in [5, 5.41) is 3.59. The molecule has 1 nitrogen and oxygen atoms in total. The Kier molecular flexibility index (Phi) is 8.64. The second kappa shape index (κ2) is 11.0. The molecule has 0 heterocycles. The first-order chi connectivity index (χ1) is 13.0. The number of benzene rings is 2. The van der Waals surface area contributed by atoms with E-state index in [1.54, 1.807) is 0 Å². The summed E-state index contributed by atoms with van der Waals surface area (Å²) >= 11 is 0. The van der Waals surface area contributed by atoms with Crippen molar-refractivity contribution < 1.29 is 0 Å². The van der Waals surface area contributed by atoms with Crippen LogP contribution in [-0.2, 0) is 19.3 Å². The first-order valence-electron chi connectivity index (χ1n) is 10.6. The monoisotopic (exact) mass is 363 g/mol. The molecule has 146 valence electrons. The minimum Gasteiger partial charge on any atom is -0.384 e. The van der Waals surface area contributed by atoms with Crippen molar-refractivity contribution in [2.45, 2.75) is 77.7 Å². The van der Waals surface area contributed by atoms with Gasteiger partial charge in [-0.1, -0.05) is 74.5 Å². The van der Waals surface area contributed by atoms with Gasteiger partial charge in [0.25, 0.3) is 0 Å². The summed E-state index contributed by atoms with van der Waals surface area (Å²) in [7, 11) is 0. The van der Waals surface area contributed by atoms with Gasteiger partial charge >= 0.3 is 0 Å². The van der Waals surface area contributed by atoms with E-state index in [1.165, 1.54) is 55.2 Å². The quantitative estimate of drug-likeness (QED) is 0.406. The molecule has 1 N–H and O–H groups in total. The van der Waals surface area contributed by atoms with E-state index < -0.39 is 0 Å². The largest absolute Gasteiger partial charge is 0.384 e. The molecule has 0 aliphatic rings. The third-order valence-electron chi connectivity index (χ3n) is 5.33. The highest BCUT2D eigenvalue weighted by Crippen LogP contribution is 2.21. The van der Waals surface area contributed by atoms with Gasteiger partial charge in [0, 0.05) is 11.2 Å². The summed E-state index contributed by atoms with van der Waals surface area (Å²) in [5.41, 5.74) is 5.57. The zero-order chi connectivity index (χ0) is 19.5. The predicted molar refractivity (Wildman–Crippen MR) is 119 cm³/mol. The maximum Gasteiger partial charge on any atom is 0.0345 e. The average Bonchev–Trinajstić information content (AvgIpc) is 2.65. The topological polar surface area (TPSA) is 12.0 Å². The third-order valence-corrected chi connectivity index (χ3v) is 5.33. The molecule has 0 spiro atoms. The van der Waals surface area contributed by atoms with Gasteiger partial charge in [-0.2, -0.15) is 0 Å². The number of aryl methyl sites for hydroxylation is 3. The smallest absolute Gasteiger partial charge is 0.0345 e. The van der Waals surface area contributed by atoms with Crippen LogP contribution in [0.25, 0.3) is 0 Å². The molecule has 1 heteroatoms. The first-order valence-corrected chi connectivity index (χ1v) is 10.6. The van der Waals surface area contributed by atoms with Crippen LogP contribution in [-0.4, -0.2) is 5.54 Å². The fourth-order valence-electron chi connectivity index (χ4n) is 3.91. The van der Waals surface area contributed by atoms with Crippen molar-refractivity contribution in [1.82, 2.24) is 5.32 Å². The van der Waals surface area contributed by atoms with Crippen LogP contribution in [0.4, 0.5) is 0 Å². The molecule has 0 aliphatic carbocycles. The van der Waals surface area contributed by atoms with E-state index in [2.05, 4.69) is 87.3 Å². The van der Waals surface area contributed by atoms with Crippen molar-refractivity contribution in [3.8, 4) is 0 Å². The normalized spacial score (nSPS) is 13.1. The van der Waals surface area contributed by atoms with Crippen LogP contribution >= 0.6 is 0 Å². The lowest BCUT2D eigenvalue weighted by Gasteiger charge is -2.32. The van der Waals surface area contributed by atoms with Gasteiger partial charge < -0.3 is 5.32 Å². The van der Waals surface area contributed by atoms with Crippen LogP contribution in [0.3, 0.4) is 0 Å². The molecule has 0 saturated heterocycles. The Morgan fingerprint density at radius 3 is 1.85 bits per heavy atom. The van der Waals surface area contributed by atoms with Gasteiger partial charge in [-0.05, 0) is 75.5 Å². The minimum absolute atomic E-state index is 0.149. The maximum absolute atomic E-state index is 4.03. The Hall–Kier alpha value is -2.02. The number of hydrogen-bond acceptors (Lipinski definition) is 1. The SMILES string of the molecule is C=C(C)N[C@@](C)(CCC)CCc1ccc(CCCCc2ccccc2)cc1. The van der Waals surface area contributed by atoms with E-state index in [4.69, 9.17) is 0 Å². The van der Waals surface area contributed by atoms with Gasteiger partial charge in [0.15, 0.2) is 0 Å². The van der Waals surface area contributed by atoms with E-state index >= 15 is 0 Å². The van der Waals surface area contributed by atoms with Crippen LogP contribution in [0.15, 0.2) is 66.9 Å². The van der Waals surface area contributed by atoms with E-state index in [0.29, 0.717) is 0 Å². The highest BCUT2D eigenvalue weighted by atomic mass is 15.0. The van der Waals surface area contributed by atoms with Crippen LogP contribution < -0.4 is 5.32 Å². The maximum atomic E-state index is 4.03. The molecule has 0 aliphatic heterocycles. The number of hydrogen-bond donors (Lipinski definition) is 1. The van der Waals surface area contributed by atoms with Crippen LogP contribution in [0, 0.1) is 0 Å². The highest BCUT2D eigenvalue weighted by molar-refractivity contribution is 5.23. The molecule has 0 aromatic heterocycles. The average molecular weight is 364 g/mol. The summed E-state index contributed by atoms with van der Waals surface area (Å²) in [4.78, 5) is 0. The first kappa shape index (κ1) is 21.3. The summed E-state index contributed by atoms with van der Waals surface area (Å²) in [6.45, 7) is 10.7. The molecule has 27 heavy (non-hydrogen) atoms. The summed E-state index contributed by atoms with van der Waals surface area (Å²) in [5.74, 6) is 0. The van der Waals surface area contributed by atoms with Gasteiger partial charge in [-0.3, -0.25) is 0 Å². The molecular formula is C26H37N. The Balaban J connectivity index is 1.76. The fraction of sp³-hybridized carbons (Fsp3) is 0.462. The van der Waals surface area contributed by atoms with Gasteiger partial charge in [0.2, 0.25) is 0 Å². The molecule has 1 atom stereocenters. The minimum atomic E-state index is 0.149. The second-order valence-corrected chi connectivity index (χ2v) is 8.23. The fourth-order valence-corrected chi connectivity index (χ4v) is 3.91. The second-order valence-electron chi connectivity index (χ2n) is 8.23. The molecule has 2 aromatic rings. The molecule has 0 radical (unpaired) electrons. The van der Waals surface area contributed by atoms with Crippen molar-refractivity contribution in [2.75, 3.05) is 0 Å². The van der Waals surface area contributed by atoms with Gasteiger partial charge in [-0.15, -0.1) is 0 Å². The Morgan fingerprint density at radius 1 is 0.815 bits per heavy atom. The predicted octanol–water partition coefficient (Wildman–Crippen LogP) is 6.87. The van der Waals surface area contributed by atoms with Crippen LogP contribution in [0.5, 0.6) is 0 Å². The van der Waals surface area contributed by atoms with E-state index in [9.17, 15) is 0 Å². The Morgan fingerprint density at radius 2 is 1.33 bits per heavy atom. The lowest BCUT2D eigenvalue weighted by Crippen LogP contribution is -2.41. The van der Waals surface area contributed by atoms with Crippen molar-refractivity contribution in [3.63, 3.8) is 0 Å². The van der Waals surface area contributed by atoms with Crippen molar-refractivity contribution in [2.24, 2.45) is 0 Å². The summed E-state index contributed by atoms with van der Waals surface area (Å²) < 4.78 is 0. The van der Waals surface area contributed by atoms with Crippen LogP contribution in [0.2, 0.25) is 0 Å². The Labute approximate surface area is 166 Å². The highest BCUT2D eigenvalue weighted by Gasteiger charge is 2.22. The molecule has 2 rings (SSSR count). The molecule has 0 unspecified atom stereocenters. The third kappa shape index (κ3) is 8.03. The summed E-state index contributed by atoms with van der Waals surface area (Å²) in [6, 6.07) is 20.1. The molecule has 0 fully saturated rings. The zero-order valence-corrected chi connectivity index (χ0v) is 17.6.